The fraction of sp³-hybridized carbons (Fsp3) is 0.576. The molecule has 4 atom stereocenters. The predicted molar refractivity (Wildman–Crippen MR) is 171 cm³/mol. The molecule has 0 saturated carbocycles. The van der Waals surface area contributed by atoms with E-state index in [1.165, 1.54) is 14.2 Å². The fourth-order valence-electron chi connectivity index (χ4n) is 6.59. The highest BCUT2D eigenvalue weighted by atomic mass is 16.7. The monoisotopic (exact) mass is 641 g/mol. The van der Waals surface area contributed by atoms with E-state index in [1.54, 1.807) is 12.1 Å². The highest BCUT2D eigenvalue weighted by Crippen LogP contribution is 2.55. The van der Waals surface area contributed by atoms with E-state index in [9.17, 15) is 14.7 Å². The van der Waals surface area contributed by atoms with Gasteiger partial charge in [0.1, 0.15) is 0 Å². The molecular formula is C33H47N5O8. The first kappa shape index (κ1) is 33.4. The molecule has 2 amide bonds. The number of nitrogens with two attached hydrogens (primary N) is 1. The number of fused-ring (bicyclic) bond motifs is 3. The minimum absolute atomic E-state index is 0.0819. The summed E-state index contributed by atoms with van der Waals surface area (Å²) in [4.78, 5) is 26.5. The van der Waals surface area contributed by atoms with Crippen molar-refractivity contribution in [1.29, 1.82) is 0 Å². The van der Waals surface area contributed by atoms with Gasteiger partial charge in [0, 0.05) is 18.4 Å². The molecule has 13 nitrogen and oxygen atoms in total. The van der Waals surface area contributed by atoms with Crippen molar-refractivity contribution in [1.82, 2.24) is 21.3 Å². The zero-order chi connectivity index (χ0) is 32.5. The molecule has 0 aromatic heterocycles. The molecule has 1 fully saturated rings. The van der Waals surface area contributed by atoms with E-state index in [2.05, 4.69) is 21.3 Å². The van der Waals surface area contributed by atoms with Crippen LogP contribution >= 0.6 is 0 Å². The van der Waals surface area contributed by atoms with E-state index < -0.39 is 17.9 Å². The number of carbonyl (C=O) groups is 2. The Labute approximate surface area is 269 Å². The molecule has 2 aromatic rings. The van der Waals surface area contributed by atoms with Crippen LogP contribution in [0.15, 0.2) is 24.3 Å². The van der Waals surface area contributed by atoms with E-state index in [0.717, 1.165) is 76.0 Å². The summed E-state index contributed by atoms with van der Waals surface area (Å²) < 4.78 is 27.9. The van der Waals surface area contributed by atoms with Gasteiger partial charge in [-0.25, -0.2) is 4.79 Å². The second kappa shape index (κ2) is 16.1. The lowest BCUT2D eigenvalue weighted by molar-refractivity contribution is -0.141. The highest BCUT2D eigenvalue weighted by Gasteiger charge is 2.53. The van der Waals surface area contributed by atoms with Crippen LogP contribution in [0, 0.1) is 11.8 Å². The lowest BCUT2D eigenvalue weighted by Gasteiger charge is -2.39. The lowest BCUT2D eigenvalue weighted by Crippen LogP contribution is -2.46. The second-order valence-electron chi connectivity index (χ2n) is 11.8. The first-order valence-electron chi connectivity index (χ1n) is 16.2. The van der Waals surface area contributed by atoms with Crippen molar-refractivity contribution in [2.24, 2.45) is 17.6 Å². The third-order valence-corrected chi connectivity index (χ3v) is 8.92. The quantitative estimate of drug-likeness (QED) is 0.111. The minimum atomic E-state index is -0.607. The van der Waals surface area contributed by atoms with Crippen LogP contribution in [0.1, 0.15) is 60.8 Å². The average molecular weight is 642 g/mol. The SMILES string of the molecule is COc1cc(C2c3cc4c(cc3[C@@H](NC(=O)NCCCCNCCCCNCCCN)C3COC(=O)[C@H]23)OCO4)cc(OC)c1O. The largest absolute Gasteiger partial charge is 0.502 e. The summed E-state index contributed by atoms with van der Waals surface area (Å²) >= 11 is 0. The molecule has 46 heavy (non-hydrogen) atoms. The molecule has 0 radical (unpaired) electrons. The first-order valence-corrected chi connectivity index (χ1v) is 16.2. The lowest BCUT2D eigenvalue weighted by atomic mass is 9.65. The zero-order valence-corrected chi connectivity index (χ0v) is 26.7. The smallest absolute Gasteiger partial charge is 0.315 e. The molecule has 5 rings (SSSR count). The van der Waals surface area contributed by atoms with Crippen molar-refractivity contribution in [3.8, 4) is 28.7 Å². The number of methoxy groups -OCH3 is 2. The van der Waals surface area contributed by atoms with Gasteiger partial charge in [-0.15, -0.1) is 0 Å². The number of nitrogens with one attached hydrogen (secondary N) is 4. The number of carbonyl (C=O) groups excluding carboxylic acids is 2. The van der Waals surface area contributed by atoms with Crippen LogP contribution < -0.4 is 45.9 Å². The van der Waals surface area contributed by atoms with Crippen molar-refractivity contribution in [3.63, 3.8) is 0 Å². The molecule has 2 unspecified atom stereocenters. The van der Waals surface area contributed by atoms with E-state index in [0.29, 0.717) is 23.6 Å². The normalized spacial score (nSPS) is 20.9. The van der Waals surface area contributed by atoms with Crippen LogP contribution in [-0.4, -0.2) is 84.0 Å². The molecule has 2 aliphatic heterocycles. The number of ether oxygens (including phenoxy) is 5. The number of cyclic esters (lactones) is 1. The van der Waals surface area contributed by atoms with Crippen LogP contribution in [0.25, 0.3) is 0 Å². The van der Waals surface area contributed by atoms with Crippen LogP contribution in [0.5, 0.6) is 28.7 Å². The topological polar surface area (TPSA) is 175 Å². The number of phenols is 1. The van der Waals surface area contributed by atoms with Gasteiger partial charge in [0.15, 0.2) is 23.0 Å². The maximum Gasteiger partial charge on any atom is 0.315 e. The van der Waals surface area contributed by atoms with Crippen LogP contribution in [0.3, 0.4) is 0 Å². The van der Waals surface area contributed by atoms with E-state index in [1.807, 2.05) is 12.1 Å². The fourth-order valence-corrected chi connectivity index (χ4v) is 6.59. The number of urea groups is 1. The molecule has 2 aromatic carbocycles. The summed E-state index contributed by atoms with van der Waals surface area (Å²) in [6, 6.07) is 6.34. The van der Waals surface area contributed by atoms with Crippen LogP contribution in [-0.2, 0) is 9.53 Å². The number of phenolic OH excluding ortho intramolecular Hbond substituents is 1. The van der Waals surface area contributed by atoms with Gasteiger partial charge in [0.25, 0.3) is 0 Å². The highest BCUT2D eigenvalue weighted by molar-refractivity contribution is 5.80. The number of benzene rings is 2. The number of unbranched alkanes of at least 4 members (excludes halogenated alkanes) is 2. The molecule has 7 N–H and O–H groups in total. The average Bonchev–Trinajstić information content (AvgIpc) is 3.68. The molecular weight excluding hydrogens is 594 g/mol. The Hall–Kier alpha value is -3.94. The Morgan fingerprint density at radius 3 is 2.07 bits per heavy atom. The molecule has 252 valence electrons. The van der Waals surface area contributed by atoms with Crippen molar-refractivity contribution in [2.75, 3.05) is 66.9 Å². The first-order chi connectivity index (χ1) is 22.5. The minimum Gasteiger partial charge on any atom is -0.502 e. The Bertz CT molecular complexity index is 1330. The predicted octanol–water partition coefficient (Wildman–Crippen LogP) is 2.50. The van der Waals surface area contributed by atoms with Crippen molar-refractivity contribution in [2.45, 2.75) is 44.1 Å². The van der Waals surface area contributed by atoms with E-state index in [-0.39, 0.29) is 48.6 Å². The summed E-state index contributed by atoms with van der Waals surface area (Å²) in [5.74, 6) is -0.337. The van der Waals surface area contributed by atoms with Crippen LogP contribution in [0.2, 0.25) is 0 Å². The van der Waals surface area contributed by atoms with Crippen molar-refractivity contribution < 1.29 is 38.4 Å². The number of rotatable bonds is 17. The molecule has 13 heteroatoms. The van der Waals surface area contributed by atoms with Gasteiger partial charge in [0.05, 0.1) is 32.8 Å². The van der Waals surface area contributed by atoms with Gasteiger partial charge in [-0.2, -0.15) is 0 Å². The van der Waals surface area contributed by atoms with Crippen molar-refractivity contribution in [3.05, 3.63) is 41.0 Å². The van der Waals surface area contributed by atoms with Crippen molar-refractivity contribution >= 4 is 12.0 Å². The zero-order valence-electron chi connectivity index (χ0n) is 26.7. The number of aromatic hydroxyl groups is 1. The molecule has 0 spiro atoms. The van der Waals surface area contributed by atoms with Gasteiger partial charge in [-0.05, 0) is 106 Å². The van der Waals surface area contributed by atoms with Crippen LogP contribution in [0.4, 0.5) is 4.79 Å². The van der Waals surface area contributed by atoms with Gasteiger partial charge < -0.3 is 55.8 Å². The number of amides is 2. The Morgan fingerprint density at radius 2 is 1.46 bits per heavy atom. The van der Waals surface area contributed by atoms with E-state index >= 15 is 0 Å². The Morgan fingerprint density at radius 1 is 0.870 bits per heavy atom. The number of hydrogen-bond donors (Lipinski definition) is 6. The molecule has 3 aliphatic rings. The third kappa shape index (κ3) is 7.54. The number of esters is 1. The summed E-state index contributed by atoms with van der Waals surface area (Å²) in [6.45, 7) is 5.33. The maximum atomic E-state index is 13.3. The summed E-state index contributed by atoms with van der Waals surface area (Å²) in [6.07, 6.45) is 5.03. The molecule has 0 bridgehead atoms. The van der Waals surface area contributed by atoms with Gasteiger partial charge in [-0.3, -0.25) is 4.79 Å². The number of hydrogen-bond acceptors (Lipinski definition) is 11. The van der Waals surface area contributed by atoms with Gasteiger partial charge in [-0.1, -0.05) is 0 Å². The summed E-state index contributed by atoms with van der Waals surface area (Å²) in [5.41, 5.74) is 7.81. The molecule has 1 aliphatic carbocycles. The molecule has 2 heterocycles. The van der Waals surface area contributed by atoms with Gasteiger partial charge in [0.2, 0.25) is 12.5 Å². The maximum absolute atomic E-state index is 13.3. The summed E-state index contributed by atoms with van der Waals surface area (Å²) in [7, 11) is 2.91. The second-order valence-corrected chi connectivity index (χ2v) is 11.8. The van der Waals surface area contributed by atoms with Gasteiger partial charge >= 0.3 is 12.0 Å². The van der Waals surface area contributed by atoms with E-state index in [4.69, 9.17) is 29.4 Å². The standard InChI is InChI=1S/C33H47N5O8/c1-42-26-14-20(15-27(43-2)31(26)39)28-21-16-24-25(46-19-45-24)17-22(21)30(23-18-44-32(40)29(23)28)38-33(41)37-13-6-5-11-35-9-3-4-10-36-12-7-8-34/h14-17,23,28-30,35-36,39H,3-13,18-19,34H2,1-2H3,(H2,37,38,41)/t23?,28?,29-,30+/m0/s1. The Balaban J connectivity index is 1.23. The third-order valence-electron chi connectivity index (χ3n) is 8.92. The molecule has 1 saturated heterocycles. The Kier molecular flexibility index (Phi) is 11.7. The summed E-state index contributed by atoms with van der Waals surface area (Å²) in [5, 5.41) is 23.5.